The van der Waals surface area contributed by atoms with Gasteiger partial charge in [0.15, 0.2) is 0 Å². The number of fused-ring (bicyclic) bond motifs is 1. The molecule has 0 spiro atoms. The summed E-state index contributed by atoms with van der Waals surface area (Å²) in [5.41, 5.74) is 2.38. The van der Waals surface area contributed by atoms with Gasteiger partial charge in [0, 0.05) is 12.4 Å². The van der Waals surface area contributed by atoms with E-state index in [1.165, 1.54) is 10.9 Å². The van der Waals surface area contributed by atoms with E-state index >= 15 is 0 Å². The fraction of sp³-hybridized carbons (Fsp3) is 0.364. The molecule has 1 aromatic carbocycles. The molecule has 0 radical (unpaired) electrons. The van der Waals surface area contributed by atoms with Crippen LogP contribution in [-0.4, -0.2) is 23.4 Å². The smallest absolute Gasteiger partial charge is 0.111 e. The maximum atomic E-state index is 4.39. The summed E-state index contributed by atoms with van der Waals surface area (Å²) in [5.74, 6) is 0. The van der Waals surface area contributed by atoms with Crippen molar-refractivity contribution in [1.82, 2.24) is 15.1 Å². The Kier molecular flexibility index (Phi) is 3.07. The Balaban J connectivity index is 2.41. The molecule has 0 unspecified atom stereocenters. The van der Waals surface area contributed by atoms with E-state index in [0.29, 0.717) is 0 Å². The van der Waals surface area contributed by atoms with Crippen LogP contribution in [0.1, 0.15) is 5.56 Å². The molecule has 4 heteroatoms. The van der Waals surface area contributed by atoms with Crippen molar-refractivity contribution in [3.8, 4) is 0 Å². The molecule has 0 amide bonds. The summed E-state index contributed by atoms with van der Waals surface area (Å²) < 4.78 is 2.90. The number of halogens is 1. The highest BCUT2D eigenvalue weighted by Gasteiger charge is 2.06. The van der Waals surface area contributed by atoms with Crippen molar-refractivity contribution in [2.24, 2.45) is 7.05 Å². The van der Waals surface area contributed by atoms with Crippen LogP contribution in [0.5, 0.6) is 0 Å². The van der Waals surface area contributed by atoms with E-state index in [9.17, 15) is 0 Å². The molecular formula is C11H14BrN3. The third kappa shape index (κ3) is 2.06. The van der Waals surface area contributed by atoms with Crippen LogP contribution in [-0.2, 0) is 13.5 Å². The van der Waals surface area contributed by atoms with Crippen molar-refractivity contribution in [3.63, 3.8) is 0 Å². The third-order valence-electron chi connectivity index (χ3n) is 2.49. The summed E-state index contributed by atoms with van der Waals surface area (Å²) in [7, 11) is 3.91. The summed E-state index contributed by atoms with van der Waals surface area (Å²) >= 11 is 3.54. The molecule has 0 aliphatic heterocycles. The molecule has 0 atom stereocenters. The molecule has 0 fully saturated rings. The van der Waals surface area contributed by atoms with Crippen LogP contribution in [0.2, 0.25) is 0 Å². The number of nitrogens with zero attached hydrogens (tertiary/aromatic N) is 2. The quantitative estimate of drug-likeness (QED) is 0.923. The minimum absolute atomic E-state index is 1.00. The molecule has 1 heterocycles. The Morgan fingerprint density at radius 1 is 1.47 bits per heavy atom. The van der Waals surface area contributed by atoms with Gasteiger partial charge in [-0.3, -0.25) is 4.68 Å². The minimum atomic E-state index is 1.00. The predicted molar refractivity (Wildman–Crippen MR) is 66.0 cm³/mol. The van der Waals surface area contributed by atoms with Crippen LogP contribution < -0.4 is 5.32 Å². The molecule has 2 rings (SSSR count). The van der Waals surface area contributed by atoms with Gasteiger partial charge in [-0.15, -0.1) is 0 Å². The Labute approximate surface area is 97.6 Å². The van der Waals surface area contributed by atoms with Gasteiger partial charge >= 0.3 is 0 Å². The number of benzene rings is 1. The number of nitrogens with one attached hydrogen (secondary N) is 1. The highest BCUT2D eigenvalue weighted by atomic mass is 79.9. The maximum Gasteiger partial charge on any atom is 0.111 e. The second-order valence-corrected chi connectivity index (χ2v) is 4.37. The van der Waals surface area contributed by atoms with Gasteiger partial charge in [0.05, 0.1) is 5.52 Å². The molecule has 1 aromatic heterocycles. The fourth-order valence-corrected chi connectivity index (χ4v) is 2.04. The zero-order valence-electron chi connectivity index (χ0n) is 8.92. The highest BCUT2D eigenvalue weighted by Crippen LogP contribution is 2.24. The molecule has 2 aromatic rings. The topological polar surface area (TPSA) is 29.9 Å². The van der Waals surface area contributed by atoms with E-state index in [-0.39, 0.29) is 0 Å². The lowest BCUT2D eigenvalue weighted by Gasteiger charge is -2.00. The van der Waals surface area contributed by atoms with Crippen LogP contribution in [0.25, 0.3) is 10.9 Å². The normalized spacial score (nSPS) is 11.1. The zero-order valence-corrected chi connectivity index (χ0v) is 10.5. The van der Waals surface area contributed by atoms with Crippen molar-refractivity contribution < 1.29 is 0 Å². The van der Waals surface area contributed by atoms with E-state index < -0.39 is 0 Å². The average Bonchev–Trinajstić information content (AvgIpc) is 2.52. The van der Waals surface area contributed by atoms with E-state index in [4.69, 9.17) is 0 Å². The monoisotopic (exact) mass is 267 g/mol. The fourth-order valence-electron chi connectivity index (χ4n) is 1.64. The number of hydrogen-bond acceptors (Lipinski definition) is 2. The highest BCUT2D eigenvalue weighted by molar-refractivity contribution is 9.10. The number of rotatable bonds is 3. The van der Waals surface area contributed by atoms with Crippen LogP contribution in [0.15, 0.2) is 22.8 Å². The Hall–Kier alpha value is -0.870. The second kappa shape index (κ2) is 4.33. The van der Waals surface area contributed by atoms with Gasteiger partial charge in [-0.1, -0.05) is 6.07 Å². The zero-order chi connectivity index (χ0) is 10.8. The van der Waals surface area contributed by atoms with Crippen molar-refractivity contribution in [2.45, 2.75) is 6.42 Å². The Morgan fingerprint density at radius 3 is 3.00 bits per heavy atom. The molecule has 3 nitrogen and oxygen atoms in total. The first kappa shape index (κ1) is 10.6. The standard InChI is InChI=1S/C11H14BrN3/c1-13-6-5-8-3-4-10-9(7-8)11(12)15(2)14-10/h3-4,7,13H,5-6H2,1-2H3. The van der Waals surface area contributed by atoms with Crippen molar-refractivity contribution in [1.29, 1.82) is 0 Å². The first-order valence-corrected chi connectivity index (χ1v) is 5.77. The number of hydrogen-bond donors (Lipinski definition) is 1. The first-order valence-electron chi connectivity index (χ1n) is 4.98. The molecule has 0 saturated heterocycles. The number of likely N-dealkylation sites (N-methyl/N-ethyl adjacent to an activating group) is 1. The molecule has 0 aliphatic carbocycles. The van der Waals surface area contributed by atoms with Crippen LogP contribution in [0, 0.1) is 0 Å². The van der Waals surface area contributed by atoms with E-state index in [1.807, 2.05) is 18.8 Å². The molecule has 15 heavy (non-hydrogen) atoms. The van der Waals surface area contributed by atoms with Gasteiger partial charge in [-0.05, 0) is 53.6 Å². The van der Waals surface area contributed by atoms with Gasteiger partial charge < -0.3 is 5.32 Å². The number of aromatic nitrogens is 2. The summed E-state index contributed by atoms with van der Waals surface area (Å²) in [6, 6.07) is 6.41. The average molecular weight is 268 g/mol. The van der Waals surface area contributed by atoms with Crippen molar-refractivity contribution in [2.75, 3.05) is 13.6 Å². The predicted octanol–water partition coefficient (Wildman–Crippen LogP) is 2.10. The molecule has 0 aliphatic rings. The van der Waals surface area contributed by atoms with Gasteiger partial charge in [0.25, 0.3) is 0 Å². The summed E-state index contributed by atoms with van der Waals surface area (Å²) in [6.07, 6.45) is 1.05. The molecule has 80 valence electrons. The van der Waals surface area contributed by atoms with Gasteiger partial charge in [0.1, 0.15) is 4.60 Å². The van der Waals surface area contributed by atoms with Gasteiger partial charge in [-0.2, -0.15) is 5.10 Å². The number of aryl methyl sites for hydroxylation is 1. The lowest BCUT2D eigenvalue weighted by atomic mass is 10.1. The van der Waals surface area contributed by atoms with Gasteiger partial charge in [0.2, 0.25) is 0 Å². The molecule has 0 saturated carbocycles. The Bertz CT molecular complexity index is 476. The van der Waals surface area contributed by atoms with Crippen LogP contribution in [0.3, 0.4) is 0 Å². The summed E-state index contributed by atoms with van der Waals surface area (Å²) in [6.45, 7) is 1.00. The third-order valence-corrected chi connectivity index (χ3v) is 3.43. The van der Waals surface area contributed by atoms with Crippen molar-refractivity contribution >= 4 is 26.8 Å². The SMILES string of the molecule is CNCCc1ccc2nn(C)c(Br)c2c1. The maximum absolute atomic E-state index is 4.39. The summed E-state index contributed by atoms with van der Waals surface area (Å²) in [5, 5.41) is 8.73. The molecular weight excluding hydrogens is 254 g/mol. The first-order chi connectivity index (χ1) is 7.22. The van der Waals surface area contributed by atoms with Gasteiger partial charge in [-0.25, -0.2) is 0 Å². The summed E-state index contributed by atoms with van der Waals surface area (Å²) in [4.78, 5) is 0. The van der Waals surface area contributed by atoms with Crippen molar-refractivity contribution in [3.05, 3.63) is 28.4 Å². The van der Waals surface area contributed by atoms with E-state index in [1.54, 1.807) is 0 Å². The van der Waals surface area contributed by atoms with Crippen LogP contribution >= 0.6 is 15.9 Å². The van der Waals surface area contributed by atoms with E-state index in [0.717, 1.165) is 23.1 Å². The largest absolute Gasteiger partial charge is 0.319 e. The van der Waals surface area contributed by atoms with E-state index in [2.05, 4.69) is 44.5 Å². The minimum Gasteiger partial charge on any atom is -0.319 e. The lowest BCUT2D eigenvalue weighted by Crippen LogP contribution is -2.10. The lowest BCUT2D eigenvalue weighted by molar-refractivity contribution is 0.761. The van der Waals surface area contributed by atoms with Crippen LogP contribution in [0.4, 0.5) is 0 Å². The second-order valence-electron chi connectivity index (χ2n) is 3.62. The molecule has 1 N–H and O–H groups in total. The molecule has 0 bridgehead atoms. The Morgan fingerprint density at radius 2 is 2.27 bits per heavy atom.